The lowest BCUT2D eigenvalue weighted by molar-refractivity contribution is -0.132. The van der Waals surface area contributed by atoms with Gasteiger partial charge in [-0.15, -0.1) is 0 Å². The van der Waals surface area contributed by atoms with Crippen molar-refractivity contribution in [1.29, 1.82) is 0 Å². The summed E-state index contributed by atoms with van der Waals surface area (Å²) in [7, 11) is 0. The summed E-state index contributed by atoms with van der Waals surface area (Å²) in [6, 6.07) is 1.33. The third-order valence-electron chi connectivity index (χ3n) is 3.21. The Morgan fingerprint density at radius 2 is 2.05 bits per heavy atom. The molecule has 1 aliphatic heterocycles. The summed E-state index contributed by atoms with van der Waals surface area (Å²) >= 11 is 5.88. The summed E-state index contributed by atoms with van der Waals surface area (Å²) in [5.74, 6) is 1.30. The Morgan fingerprint density at radius 1 is 1.37 bits per heavy atom. The zero-order valence-electron chi connectivity index (χ0n) is 11.3. The van der Waals surface area contributed by atoms with Crippen LogP contribution < -0.4 is 5.32 Å². The molecule has 0 saturated carbocycles. The molecule has 1 aromatic rings. The molecule has 2 rings (SSSR count). The van der Waals surface area contributed by atoms with Crippen molar-refractivity contribution in [2.45, 2.75) is 39.2 Å². The second kappa shape index (κ2) is 6.19. The zero-order chi connectivity index (χ0) is 13.8. The molecule has 1 atom stereocenters. The van der Waals surface area contributed by atoms with Gasteiger partial charge in [0.2, 0.25) is 5.91 Å². The minimum atomic E-state index is -0.302. The van der Waals surface area contributed by atoms with Crippen molar-refractivity contribution >= 4 is 23.3 Å². The number of halogens is 1. The van der Waals surface area contributed by atoms with Crippen molar-refractivity contribution in [1.82, 2.24) is 14.9 Å². The van der Waals surface area contributed by atoms with Gasteiger partial charge in [-0.1, -0.05) is 11.6 Å². The second-order valence-electron chi connectivity index (χ2n) is 4.88. The lowest BCUT2D eigenvalue weighted by Crippen LogP contribution is -2.44. The highest BCUT2D eigenvalue weighted by atomic mass is 35.5. The van der Waals surface area contributed by atoms with Crippen molar-refractivity contribution in [2.24, 2.45) is 0 Å². The van der Waals surface area contributed by atoms with Gasteiger partial charge in [-0.05, 0) is 33.1 Å². The average molecular weight is 283 g/mol. The van der Waals surface area contributed by atoms with Gasteiger partial charge in [-0.3, -0.25) is 4.79 Å². The predicted octanol–water partition coefficient (Wildman–Crippen LogP) is 2.25. The van der Waals surface area contributed by atoms with Crippen LogP contribution in [0.5, 0.6) is 0 Å². The first-order chi connectivity index (χ1) is 9.06. The summed E-state index contributed by atoms with van der Waals surface area (Å²) in [4.78, 5) is 22.4. The van der Waals surface area contributed by atoms with E-state index in [-0.39, 0.29) is 11.9 Å². The summed E-state index contributed by atoms with van der Waals surface area (Å²) in [6.45, 7) is 5.33. The van der Waals surface area contributed by atoms with Crippen LogP contribution in [-0.2, 0) is 4.79 Å². The maximum atomic E-state index is 12.3. The van der Waals surface area contributed by atoms with Crippen LogP contribution in [0.3, 0.4) is 0 Å². The van der Waals surface area contributed by atoms with Gasteiger partial charge >= 0.3 is 0 Å². The molecule has 0 aromatic carbocycles. The summed E-state index contributed by atoms with van der Waals surface area (Å²) < 4.78 is 0. The van der Waals surface area contributed by atoms with Crippen LogP contribution in [-0.4, -0.2) is 39.9 Å². The van der Waals surface area contributed by atoms with E-state index in [1.165, 1.54) is 6.42 Å². The summed E-state index contributed by atoms with van der Waals surface area (Å²) in [6.07, 6.45) is 3.40. The number of amides is 1. The maximum absolute atomic E-state index is 12.3. The Hall–Kier alpha value is -1.36. The molecule has 1 fully saturated rings. The third-order valence-corrected chi connectivity index (χ3v) is 3.40. The van der Waals surface area contributed by atoms with Crippen LogP contribution >= 0.6 is 11.6 Å². The normalized spacial score (nSPS) is 17.1. The molecular weight excluding hydrogens is 264 g/mol. The molecule has 6 heteroatoms. The fourth-order valence-electron chi connectivity index (χ4n) is 2.28. The SMILES string of the molecule is Cc1nc(Cl)cc(NC(C)C(=O)N2CCCCC2)n1. The van der Waals surface area contributed by atoms with Crippen molar-refractivity contribution in [2.75, 3.05) is 18.4 Å². The van der Waals surface area contributed by atoms with Crippen LogP contribution in [0.4, 0.5) is 5.82 Å². The lowest BCUT2D eigenvalue weighted by atomic mass is 10.1. The number of piperidine rings is 1. The molecule has 1 aliphatic rings. The Labute approximate surface area is 118 Å². The van der Waals surface area contributed by atoms with E-state index in [1.807, 2.05) is 11.8 Å². The van der Waals surface area contributed by atoms with Crippen molar-refractivity contribution in [3.63, 3.8) is 0 Å². The summed E-state index contributed by atoms with van der Waals surface area (Å²) in [5, 5.41) is 3.48. The monoisotopic (exact) mass is 282 g/mol. The Balaban J connectivity index is 1.99. The van der Waals surface area contributed by atoms with Gasteiger partial charge < -0.3 is 10.2 Å². The molecule has 0 bridgehead atoms. The molecule has 1 N–H and O–H groups in total. The number of nitrogens with zero attached hydrogens (tertiary/aromatic N) is 3. The number of hydrogen-bond donors (Lipinski definition) is 1. The number of anilines is 1. The molecule has 1 amide bonds. The van der Waals surface area contributed by atoms with E-state index in [9.17, 15) is 4.79 Å². The Bertz CT molecular complexity index is 440. The number of aryl methyl sites for hydroxylation is 1. The fraction of sp³-hybridized carbons (Fsp3) is 0.615. The smallest absolute Gasteiger partial charge is 0.244 e. The van der Waals surface area contributed by atoms with Crippen LogP contribution in [0.25, 0.3) is 0 Å². The zero-order valence-corrected chi connectivity index (χ0v) is 12.1. The number of hydrogen-bond acceptors (Lipinski definition) is 4. The van der Waals surface area contributed by atoms with E-state index in [0.29, 0.717) is 16.8 Å². The first-order valence-electron chi connectivity index (χ1n) is 6.63. The molecule has 0 spiro atoms. The number of aromatic nitrogens is 2. The van der Waals surface area contributed by atoms with Gasteiger partial charge in [-0.2, -0.15) is 0 Å². The van der Waals surface area contributed by atoms with E-state index in [1.54, 1.807) is 13.0 Å². The number of carbonyl (C=O) groups is 1. The first kappa shape index (κ1) is 14.1. The van der Waals surface area contributed by atoms with E-state index < -0.39 is 0 Å². The minimum absolute atomic E-state index is 0.118. The van der Waals surface area contributed by atoms with Crippen molar-refractivity contribution < 1.29 is 4.79 Å². The Morgan fingerprint density at radius 3 is 2.68 bits per heavy atom. The fourth-order valence-corrected chi connectivity index (χ4v) is 2.50. The first-order valence-corrected chi connectivity index (χ1v) is 7.00. The number of nitrogens with one attached hydrogen (secondary N) is 1. The van der Waals surface area contributed by atoms with Crippen molar-refractivity contribution in [3.8, 4) is 0 Å². The quantitative estimate of drug-likeness (QED) is 0.864. The largest absolute Gasteiger partial charge is 0.358 e. The highest BCUT2D eigenvalue weighted by Gasteiger charge is 2.22. The predicted molar refractivity (Wildman–Crippen MR) is 75.3 cm³/mol. The molecule has 5 nitrogen and oxygen atoms in total. The lowest BCUT2D eigenvalue weighted by Gasteiger charge is -2.29. The topological polar surface area (TPSA) is 58.1 Å². The molecule has 0 aliphatic carbocycles. The third kappa shape index (κ3) is 3.80. The highest BCUT2D eigenvalue weighted by molar-refractivity contribution is 6.29. The number of carbonyl (C=O) groups excluding carboxylic acids is 1. The van der Waals surface area contributed by atoms with Crippen LogP contribution in [0, 0.1) is 6.92 Å². The van der Waals surface area contributed by atoms with Crippen LogP contribution in [0.2, 0.25) is 5.15 Å². The van der Waals surface area contributed by atoms with Crippen molar-refractivity contribution in [3.05, 3.63) is 17.0 Å². The number of likely N-dealkylation sites (tertiary alicyclic amines) is 1. The molecule has 1 saturated heterocycles. The molecule has 104 valence electrons. The van der Waals surface area contributed by atoms with Gasteiger partial charge in [0.25, 0.3) is 0 Å². The van der Waals surface area contributed by atoms with E-state index in [2.05, 4.69) is 15.3 Å². The minimum Gasteiger partial charge on any atom is -0.358 e. The van der Waals surface area contributed by atoms with E-state index in [4.69, 9.17) is 11.6 Å². The standard InChI is InChI=1S/C13H19ClN4O/c1-9(13(19)18-6-4-3-5-7-18)15-12-8-11(14)16-10(2)17-12/h8-9H,3-7H2,1-2H3,(H,15,16,17). The summed E-state index contributed by atoms with van der Waals surface area (Å²) in [5.41, 5.74) is 0. The highest BCUT2D eigenvalue weighted by Crippen LogP contribution is 2.14. The van der Waals surface area contributed by atoms with Gasteiger partial charge in [0.05, 0.1) is 0 Å². The van der Waals surface area contributed by atoms with Crippen LogP contribution in [0.1, 0.15) is 32.0 Å². The average Bonchev–Trinajstić information content (AvgIpc) is 2.37. The molecule has 1 aromatic heterocycles. The molecule has 1 unspecified atom stereocenters. The van der Waals surface area contributed by atoms with Gasteiger partial charge in [-0.25, -0.2) is 9.97 Å². The van der Waals surface area contributed by atoms with Gasteiger partial charge in [0.1, 0.15) is 22.8 Å². The van der Waals surface area contributed by atoms with E-state index >= 15 is 0 Å². The molecule has 2 heterocycles. The maximum Gasteiger partial charge on any atom is 0.244 e. The van der Waals surface area contributed by atoms with E-state index in [0.717, 1.165) is 25.9 Å². The molecule has 19 heavy (non-hydrogen) atoms. The number of rotatable bonds is 3. The van der Waals surface area contributed by atoms with Crippen LogP contribution in [0.15, 0.2) is 6.07 Å². The van der Waals surface area contributed by atoms with Gasteiger partial charge in [0, 0.05) is 19.2 Å². The second-order valence-corrected chi connectivity index (χ2v) is 5.26. The molecule has 0 radical (unpaired) electrons. The Kier molecular flexibility index (Phi) is 4.58. The van der Waals surface area contributed by atoms with Gasteiger partial charge in [0.15, 0.2) is 0 Å². The molecular formula is C13H19ClN4O.